The molecule has 5 nitrogen and oxygen atoms in total. The standard InChI is InChI=1S/C17H16N2O3S/c1-20-14-8-12(9-15(21-2)16(14)22-3)17-13(10-19-23-17)11-4-6-18-7-5-11/h4-10H,1-3H3. The largest absolute Gasteiger partial charge is 0.493 e. The minimum atomic E-state index is 0.578. The van der Waals surface area contributed by atoms with E-state index in [4.69, 9.17) is 14.2 Å². The van der Waals surface area contributed by atoms with Gasteiger partial charge in [-0.15, -0.1) is 0 Å². The van der Waals surface area contributed by atoms with Crippen molar-refractivity contribution >= 4 is 11.5 Å². The molecule has 0 amide bonds. The van der Waals surface area contributed by atoms with E-state index in [0.717, 1.165) is 21.6 Å². The molecule has 0 bridgehead atoms. The maximum Gasteiger partial charge on any atom is 0.203 e. The van der Waals surface area contributed by atoms with Gasteiger partial charge < -0.3 is 14.2 Å². The van der Waals surface area contributed by atoms with Crippen LogP contribution in [0.25, 0.3) is 21.6 Å². The van der Waals surface area contributed by atoms with Crippen LogP contribution < -0.4 is 14.2 Å². The number of ether oxygens (including phenoxy) is 3. The molecule has 0 spiro atoms. The highest BCUT2D eigenvalue weighted by atomic mass is 32.1. The average Bonchev–Trinajstić information content (AvgIpc) is 3.10. The molecule has 0 N–H and O–H groups in total. The smallest absolute Gasteiger partial charge is 0.203 e. The highest BCUT2D eigenvalue weighted by molar-refractivity contribution is 7.10. The fourth-order valence-corrected chi connectivity index (χ4v) is 3.15. The van der Waals surface area contributed by atoms with Crippen LogP contribution in [0.5, 0.6) is 17.2 Å². The Bertz CT molecular complexity index is 778. The number of methoxy groups -OCH3 is 3. The Morgan fingerprint density at radius 2 is 1.52 bits per heavy atom. The van der Waals surface area contributed by atoms with Crippen LogP contribution in [0.3, 0.4) is 0 Å². The van der Waals surface area contributed by atoms with Crippen molar-refractivity contribution in [2.75, 3.05) is 21.3 Å². The molecule has 0 aliphatic carbocycles. The molecule has 3 aromatic rings. The molecule has 0 aliphatic heterocycles. The van der Waals surface area contributed by atoms with Gasteiger partial charge in [-0.2, -0.15) is 4.37 Å². The van der Waals surface area contributed by atoms with E-state index in [-0.39, 0.29) is 0 Å². The topological polar surface area (TPSA) is 53.5 Å². The van der Waals surface area contributed by atoms with Crippen molar-refractivity contribution in [1.29, 1.82) is 0 Å². The van der Waals surface area contributed by atoms with Gasteiger partial charge in [0.2, 0.25) is 5.75 Å². The van der Waals surface area contributed by atoms with Crippen LogP contribution in [0, 0.1) is 0 Å². The summed E-state index contributed by atoms with van der Waals surface area (Å²) in [7, 11) is 4.81. The molecule has 0 unspecified atom stereocenters. The lowest BCUT2D eigenvalue weighted by Gasteiger charge is -2.14. The van der Waals surface area contributed by atoms with Crippen LogP contribution in [0.1, 0.15) is 0 Å². The molecule has 0 radical (unpaired) electrons. The zero-order valence-corrected chi connectivity index (χ0v) is 13.9. The maximum absolute atomic E-state index is 5.43. The highest BCUT2D eigenvalue weighted by Crippen LogP contribution is 2.44. The molecule has 0 saturated carbocycles. The summed E-state index contributed by atoms with van der Waals surface area (Å²) < 4.78 is 20.6. The number of hydrogen-bond acceptors (Lipinski definition) is 6. The lowest BCUT2D eigenvalue weighted by Crippen LogP contribution is -1.95. The Kier molecular flexibility index (Phi) is 4.43. The van der Waals surface area contributed by atoms with Gasteiger partial charge in [0.05, 0.1) is 26.2 Å². The van der Waals surface area contributed by atoms with Crippen molar-refractivity contribution in [2.24, 2.45) is 0 Å². The molecule has 2 heterocycles. The molecule has 118 valence electrons. The van der Waals surface area contributed by atoms with Crippen LogP contribution in [0.15, 0.2) is 42.9 Å². The van der Waals surface area contributed by atoms with E-state index in [1.54, 1.807) is 33.7 Å². The van der Waals surface area contributed by atoms with Crippen molar-refractivity contribution in [3.05, 3.63) is 42.9 Å². The lowest BCUT2D eigenvalue weighted by atomic mass is 10.0. The molecule has 1 aromatic carbocycles. The van der Waals surface area contributed by atoms with Gasteiger partial charge in [-0.25, -0.2) is 0 Å². The van der Waals surface area contributed by atoms with E-state index in [9.17, 15) is 0 Å². The van der Waals surface area contributed by atoms with E-state index in [2.05, 4.69) is 9.36 Å². The molecule has 3 rings (SSSR count). The summed E-state index contributed by atoms with van der Waals surface area (Å²) in [4.78, 5) is 5.10. The fraction of sp³-hybridized carbons (Fsp3) is 0.176. The van der Waals surface area contributed by atoms with Crippen LogP contribution >= 0.6 is 11.5 Å². The number of pyridine rings is 1. The molecule has 2 aromatic heterocycles. The predicted octanol–water partition coefficient (Wildman–Crippen LogP) is 3.90. The molecule has 6 heteroatoms. The number of benzene rings is 1. The highest BCUT2D eigenvalue weighted by Gasteiger charge is 2.17. The third-order valence-electron chi connectivity index (χ3n) is 3.49. The second-order valence-electron chi connectivity index (χ2n) is 4.72. The van der Waals surface area contributed by atoms with E-state index in [1.807, 2.05) is 30.5 Å². The van der Waals surface area contributed by atoms with Gasteiger partial charge >= 0.3 is 0 Å². The Balaban J connectivity index is 2.15. The van der Waals surface area contributed by atoms with Crippen LogP contribution in [0.4, 0.5) is 0 Å². The number of aromatic nitrogens is 2. The van der Waals surface area contributed by atoms with Gasteiger partial charge in [-0.1, -0.05) is 0 Å². The Hall–Kier alpha value is -2.60. The van der Waals surface area contributed by atoms with Crippen molar-refractivity contribution < 1.29 is 14.2 Å². The maximum atomic E-state index is 5.43. The van der Waals surface area contributed by atoms with Crippen molar-refractivity contribution in [1.82, 2.24) is 9.36 Å². The summed E-state index contributed by atoms with van der Waals surface area (Å²) in [6, 6.07) is 7.79. The first kappa shape index (κ1) is 15.3. The van der Waals surface area contributed by atoms with E-state index in [1.165, 1.54) is 11.5 Å². The monoisotopic (exact) mass is 328 g/mol. The second kappa shape index (κ2) is 6.66. The van der Waals surface area contributed by atoms with Gasteiger partial charge in [0.15, 0.2) is 11.5 Å². The van der Waals surface area contributed by atoms with E-state index < -0.39 is 0 Å². The molecule has 0 fully saturated rings. The normalized spacial score (nSPS) is 10.4. The summed E-state index contributed by atoms with van der Waals surface area (Å²) in [5, 5.41) is 0. The van der Waals surface area contributed by atoms with Gasteiger partial charge in [0.25, 0.3) is 0 Å². The van der Waals surface area contributed by atoms with Gasteiger partial charge in [-0.05, 0) is 41.4 Å². The number of hydrogen-bond donors (Lipinski definition) is 0. The molecule has 0 aliphatic rings. The molecule has 0 saturated heterocycles. The Labute approximate surface area is 138 Å². The summed E-state index contributed by atoms with van der Waals surface area (Å²) in [6.45, 7) is 0. The summed E-state index contributed by atoms with van der Waals surface area (Å²) in [5.41, 5.74) is 3.08. The van der Waals surface area contributed by atoms with Crippen LogP contribution in [0.2, 0.25) is 0 Å². The molecular formula is C17H16N2O3S. The Morgan fingerprint density at radius 1 is 0.870 bits per heavy atom. The second-order valence-corrected chi connectivity index (χ2v) is 5.52. The molecular weight excluding hydrogens is 312 g/mol. The van der Waals surface area contributed by atoms with E-state index in [0.29, 0.717) is 17.2 Å². The van der Waals surface area contributed by atoms with Gasteiger partial charge in [0, 0.05) is 29.7 Å². The zero-order valence-electron chi connectivity index (χ0n) is 13.1. The van der Waals surface area contributed by atoms with Crippen LogP contribution in [-0.4, -0.2) is 30.7 Å². The molecule has 23 heavy (non-hydrogen) atoms. The van der Waals surface area contributed by atoms with Crippen molar-refractivity contribution in [2.45, 2.75) is 0 Å². The predicted molar refractivity (Wildman–Crippen MR) is 90.4 cm³/mol. The van der Waals surface area contributed by atoms with Crippen molar-refractivity contribution in [3.8, 4) is 38.8 Å². The van der Waals surface area contributed by atoms with Crippen LogP contribution in [-0.2, 0) is 0 Å². The lowest BCUT2D eigenvalue weighted by molar-refractivity contribution is 0.324. The zero-order chi connectivity index (χ0) is 16.2. The SMILES string of the molecule is COc1cc(-c2sncc2-c2ccncc2)cc(OC)c1OC. The minimum absolute atomic E-state index is 0.578. The first-order valence-electron chi connectivity index (χ1n) is 6.94. The first-order chi connectivity index (χ1) is 11.3. The summed E-state index contributed by atoms with van der Waals surface area (Å²) in [5.74, 6) is 1.82. The van der Waals surface area contributed by atoms with Crippen molar-refractivity contribution in [3.63, 3.8) is 0 Å². The van der Waals surface area contributed by atoms with Gasteiger partial charge in [-0.3, -0.25) is 4.98 Å². The average molecular weight is 328 g/mol. The first-order valence-corrected chi connectivity index (χ1v) is 7.71. The van der Waals surface area contributed by atoms with Gasteiger partial charge in [0.1, 0.15) is 0 Å². The summed E-state index contributed by atoms with van der Waals surface area (Å²) >= 11 is 1.43. The third kappa shape index (κ3) is 2.85. The number of nitrogens with zero attached hydrogens (tertiary/aromatic N) is 2. The van der Waals surface area contributed by atoms with E-state index >= 15 is 0 Å². The molecule has 0 atom stereocenters. The fourth-order valence-electron chi connectivity index (χ4n) is 2.40. The Morgan fingerprint density at radius 3 is 2.09 bits per heavy atom. The minimum Gasteiger partial charge on any atom is -0.493 e. The quantitative estimate of drug-likeness (QED) is 0.711. The number of rotatable bonds is 5. The third-order valence-corrected chi connectivity index (χ3v) is 4.34. The summed E-state index contributed by atoms with van der Waals surface area (Å²) in [6.07, 6.45) is 5.40.